The molecule has 0 aliphatic carbocycles. The normalized spacial score (nSPS) is 21.1. The highest BCUT2D eigenvalue weighted by Crippen LogP contribution is 2.36. The molecule has 0 radical (unpaired) electrons. The molecule has 2 saturated heterocycles. The lowest BCUT2D eigenvalue weighted by molar-refractivity contribution is -0.127. The molecule has 1 aromatic carbocycles. The minimum Gasteiger partial charge on any atom is -0.479 e. The van der Waals surface area contributed by atoms with Crippen molar-refractivity contribution in [2.45, 2.75) is 30.7 Å². The molecule has 2 aliphatic heterocycles. The highest BCUT2D eigenvalue weighted by molar-refractivity contribution is 5.87. The maximum absolute atomic E-state index is 15.1. The minimum atomic E-state index is -2.57. The molecule has 4 heterocycles. The maximum Gasteiger partial charge on any atom is 0.334 e. The molecule has 0 bridgehead atoms. The van der Waals surface area contributed by atoms with Crippen molar-refractivity contribution in [3.05, 3.63) is 41.9 Å². The van der Waals surface area contributed by atoms with Gasteiger partial charge in [0.05, 0.1) is 25.4 Å². The number of anilines is 2. The summed E-state index contributed by atoms with van der Waals surface area (Å²) in [6, 6.07) is 6.14. The van der Waals surface area contributed by atoms with Crippen molar-refractivity contribution in [1.29, 1.82) is 5.53 Å². The van der Waals surface area contributed by atoms with E-state index in [2.05, 4.69) is 30.7 Å². The van der Waals surface area contributed by atoms with Gasteiger partial charge in [0.15, 0.2) is 0 Å². The Morgan fingerprint density at radius 1 is 1.37 bits per heavy atom. The molecule has 14 heteroatoms. The number of nitrogens with zero attached hydrogens (tertiary/aromatic N) is 6. The summed E-state index contributed by atoms with van der Waals surface area (Å²) in [5, 5.41) is 13.6. The number of ether oxygens (including phenoxy) is 2. The number of alkyl halides is 3. The van der Waals surface area contributed by atoms with Crippen LogP contribution in [0, 0.1) is 12.1 Å². The molecular weight excluding hydrogens is 503 g/mol. The molecule has 0 spiro atoms. The third kappa shape index (κ3) is 4.70. The average molecular weight is 530 g/mol. The van der Waals surface area contributed by atoms with Gasteiger partial charge in [0.1, 0.15) is 30.6 Å². The summed E-state index contributed by atoms with van der Waals surface area (Å²) in [7, 11) is 1.46. The Morgan fingerprint density at radius 3 is 2.82 bits per heavy atom. The Balaban J connectivity index is 1.38. The van der Waals surface area contributed by atoms with Crippen molar-refractivity contribution in [2.75, 3.05) is 50.6 Å². The molecule has 3 N–H and O–H groups in total. The molecule has 2 atom stereocenters. The van der Waals surface area contributed by atoms with Crippen LogP contribution >= 0.6 is 0 Å². The number of benzene rings is 1. The molecule has 200 valence electrons. The van der Waals surface area contributed by atoms with E-state index in [9.17, 15) is 8.78 Å². The molecule has 2 aliphatic rings. The van der Waals surface area contributed by atoms with Gasteiger partial charge in [-0.25, -0.2) is 34.7 Å². The summed E-state index contributed by atoms with van der Waals surface area (Å²) in [5.74, 6) is 0.428. The smallest absolute Gasteiger partial charge is 0.334 e. The van der Waals surface area contributed by atoms with Gasteiger partial charge in [0.25, 0.3) is 6.43 Å². The SMILES string of the molecule is [C-]#[N+]C1(N2CC[C@H](Nc3nc(OC)c4c(-c5ccc(N=N)c(NCC(F)F)c5)ccn4n3)[C@H](F)C2)COC1. The first kappa shape index (κ1) is 25.7. The Morgan fingerprint density at radius 2 is 2.18 bits per heavy atom. The summed E-state index contributed by atoms with van der Waals surface area (Å²) in [5.41, 5.74) is 8.94. The van der Waals surface area contributed by atoms with Crippen LogP contribution in [0.3, 0.4) is 0 Å². The fourth-order valence-electron chi connectivity index (χ4n) is 4.77. The Labute approximate surface area is 216 Å². The van der Waals surface area contributed by atoms with Gasteiger partial charge in [-0.05, 0) is 30.2 Å². The van der Waals surface area contributed by atoms with Gasteiger partial charge in [-0.1, -0.05) is 6.07 Å². The van der Waals surface area contributed by atoms with Crippen LogP contribution in [-0.2, 0) is 4.74 Å². The number of aromatic nitrogens is 3. The van der Waals surface area contributed by atoms with E-state index in [1.807, 2.05) is 4.90 Å². The summed E-state index contributed by atoms with van der Waals surface area (Å²) in [6.45, 7) is 8.13. The lowest BCUT2D eigenvalue weighted by Gasteiger charge is -2.43. The zero-order valence-electron chi connectivity index (χ0n) is 20.5. The first-order chi connectivity index (χ1) is 18.4. The molecule has 0 unspecified atom stereocenters. The summed E-state index contributed by atoms with van der Waals surface area (Å²) in [6.07, 6.45) is -1.65. The van der Waals surface area contributed by atoms with Crippen LogP contribution in [-0.4, -0.2) is 83.8 Å². The monoisotopic (exact) mass is 529 g/mol. The first-order valence-corrected chi connectivity index (χ1v) is 12.0. The molecule has 0 amide bonds. The molecule has 3 aromatic rings. The van der Waals surface area contributed by atoms with Crippen LogP contribution in [0.1, 0.15) is 6.42 Å². The van der Waals surface area contributed by atoms with E-state index >= 15 is 4.39 Å². The fraction of sp³-hybridized carbons (Fsp3) is 0.458. The Bertz CT molecular complexity index is 1370. The average Bonchev–Trinajstić information content (AvgIpc) is 3.32. The number of rotatable bonds is 9. The zero-order chi connectivity index (χ0) is 26.9. The van der Waals surface area contributed by atoms with Crippen LogP contribution in [0.4, 0.5) is 30.5 Å². The molecule has 38 heavy (non-hydrogen) atoms. The van der Waals surface area contributed by atoms with Crippen LogP contribution < -0.4 is 15.4 Å². The van der Waals surface area contributed by atoms with E-state index < -0.39 is 30.8 Å². The minimum absolute atomic E-state index is 0.110. The zero-order valence-corrected chi connectivity index (χ0v) is 20.5. The number of hydrogen-bond acceptors (Lipinski definition) is 9. The van der Waals surface area contributed by atoms with Crippen molar-refractivity contribution < 1.29 is 22.6 Å². The lowest BCUT2D eigenvalue weighted by atomic mass is 9.97. The second-order valence-electron chi connectivity index (χ2n) is 9.17. The van der Waals surface area contributed by atoms with Gasteiger partial charge in [-0.15, -0.1) is 5.10 Å². The van der Waals surface area contributed by atoms with Gasteiger partial charge < -0.3 is 20.1 Å². The molecule has 5 rings (SSSR count). The Kier molecular flexibility index (Phi) is 7.04. The highest BCUT2D eigenvalue weighted by Gasteiger charge is 2.53. The van der Waals surface area contributed by atoms with Crippen molar-refractivity contribution >= 4 is 22.8 Å². The maximum atomic E-state index is 15.1. The number of piperidine rings is 1. The summed E-state index contributed by atoms with van der Waals surface area (Å²) in [4.78, 5) is 9.98. The molecule has 2 fully saturated rings. The molecule has 0 saturated carbocycles. The molecule has 2 aromatic heterocycles. The van der Waals surface area contributed by atoms with Gasteiger partial charge >= 0.3 is 5.66 Å². The lowest BCUT2D eigenvalue weighted by Crippen LogP contribution is -2.64. The van der Waals surface area contributed by atoms with Crippen molar-refractivity contribution in [3.63, 3.8) is 0 Å². The van der Waals surface area contributed by atoms with Gasteiger partial charge in [0.2, 0.25) is 11.8 Å². The highest BCUT2D eigenvalue weighted by atomic mass is 19.3. The predicted molar refractivity (Wildman–Crippen MR) is 133 cm³/mol. The fourth-order valence-corrected chi connectivity index (χ4v) is 4.77. The third-order valence-corrected chi connectivity index (χ3v) is 6.87. The van der Waals surface area contributed by atoms with Crippen molar-refractivity contribution in [2.24, 2.45) is 5.11 Å². The predicted octanol–water partition coefficient (Wildman–Crippen LogP) is 4.21. The van der Waals surface area contributed by atoms with Gasteiger partial charge in [-0.3, -0.25) is 4.85 Å². The topological polar surface area (TPSA) is 117 Å². The van der Waals surface area contributed by atoms with E-state index in [1.165, 1.54) is 7.11 Å². The van der Waals surface area contributed by atoms with Gasteiger partial charge in [-0.2, -0.15) is 10.1 Å². The second-order valence-corrected chi connectivity index (χ2v) is 9.17. The van der Waals surface area contributed by atoms with Crippen LogP contribution in [0.2, 0.25) is 0 Å². The number of hydrogen-bond donors (Lipinski definition) is 3. The summed E-state index contributed by atoms with van der Waals surface area (Å²) >= 11 is 0. The number of nitrogens with one attached hydrogen (secondary N) is 3. The first-order valence-electron chi connectivity index (χ1n) is 12.0. The van der Waals surface area contributed by atoms with E-state index in [4.69, 9.17) is 21.6 Å². The van der Waals surface area contributed by atoms with E-state index in [-0.39, 0.29) is 24.1 Å². The third-order valence-electron chi connectivity index (χ3n) is 6.87. The van der Waals surface area contributed by atoms with Gasteiger partial charge in [0, 0.05) is 24.8 Å². The van der Waals surface area contributed by atoms with E-state index in [0.29, 0.717) is 48.5 Å². The largest absolute Gasteiger partial charge is 0.479 e. The van der Waals surface area contributed by atoms with E-state index in [0.717, 1.165) is 0 Å². The van der Waals surface area contributed by atoms with Crippen LogP contribution in [0.5, 0.6) is 5.88 Å². The van der Waals surface area contributed by atoms with Crippen LogP contribution in [0.15, 0.2) is 35.6 Å². The van der Waals surface area contributed by atoms with Crippen LogP contribution in [0.25, 0.3) is 21.5 Å². The standard InChI is InChI=1S/C24H26F3N9O2/c1-29-24(12-38-13-24)35-7-6-17(16(25)11-35)31-23-32-22(37-2)21-15(5-8-36(21)34-23)14-3-4-18(33-28)19(9-14)30-10-20(26)27/h3-5,8-9,16-17,20,28,30H,6-7,10-13H2,2H3,(H,31,34)/t16-,17+/m1/s1. The number of methoxy groups -OCH3 is 1. The molecular formula is C24H26F3N9O2. The number of fused-ring (bicyclic) bond motifs is 1. The Hall–Kier alpha value is -3.96. The quantitative estimate of drug-likeness (QED) is 0.281. The van der Waals surface area contributed by atoms with Crippen molar-refractivity contribution in [3.8, 4) is 17.0 Å². The molecule has 11 nitrogen and oxygen atoms in total. The summed E-state index contributed by atoms with van der Waals surface area (Å²) < 4.78 is 52.9. The van der Waals surface area contributed by atoms with Crippen molar-refractivity contribution in [1.82, 2.24) is 19.5 Å². The number of halogens is 3. The second kappa shape index (κ2) is 10.4. The number of likely N-dealkylation sites (tertiary alicyclic amines) is 1. The van der Waals surface area contributed by atoms with E-state index in [1.54, 1.807) is 35.0 Å².